The minimum atomic E-state index is 0.739. The van der Waals surface area contributed by atoms with Gasteiger partial charge in [-0.3, -0.25) is 0 Å². The summed E-state index contributed by atoms with van der Waals surface area (Å²) in [5.74, 6) is 2.31. The average molecular weight is 456 g/mol. The molecule has 0 fully saturated rings. The van der Waals surface area contributed by atoms with E-state index in [9.17, 15) is 0 Å². The Morgan fingerprint density at radius 1 is 0.606 bits per heavy atom. The maximum atomic E-state index is 5.69. The number of hydrogen-bond acceptors (Lipinski definition) is 7. The van der Waals surface area contributed by atoms with Crippen LogP contribution in [0.1, 0.15) is 0 Å². The van der Waals surface area contributed by atoms with E-state index < -0.39 is 0 Å². The fourth-order valence-electron chi connectivity index (χ4n) is 3.86. The Labute approximate surface area is 195 Å². The molecule has 0 aliphatic carbocycles. The largest absolute Gasteiger partial charge is 0.497 e. The van der Waals surface area contributed by atoms with Crippen molar-refractivity contribution in [2.24, 2.45) is 0 Å². The van der Waals surface area contributed by atoms with Crippen LogP contribution in [0.5, 0.6) is 17.2 Å². The molecule has 6 nitrogen and oxygen atoms in total. The first-order valence-corrected chi connectivity index (χ1v) is 11.0. The normalized spacial score (nSPS) is 10.9. The molecule has 164 valence electrons. The number of aromatic nitrogens is 3. The van der Waals surface area contributed by atoms with E-state index in [2.05, 4.69) is 4.37 Å². The van der Waals surface area contributed by atoms with Gasteiger partial charge in [0.1, 0.15) is 34.0 Å². The van der Waals surface area contributed by atoms with Gasteiger partial charge in [-0.2, -0.15) is 8.75 Å². The molecule has 0 amide bonds. The monoisotopic (exact) mass is 455 g/mol. The summed E-state index contributed by atoms with van der Waals surface area (Å²) in [6, 6.07) is 23.6. The Kier molecular flexibility index (Phi) is 5.62. The molecule has 0 atom stereocenters. The molecule has 2 aromatic heterocycles. The standard InChI is InChI=1S/C26H21N3O3S/c1-30-18-12-8-16(9-13-18)22-24(20-6-4-5-7-21(20)32-3)27-23(26-25(22)28-33-29-26)17-10-14-19(31-2)15-11-17/h4-15H,1-3H3. The molecule has 0 radical (unpaired) electrons. The number of fused-ring (bicyclic) bond motifs is 1. The smallest absolute Gasteiger partial charge is 0.131 e. The van der Waals surface area contributed by atoms with Gasteiger partial charge in [-0.1, -0.05) is 24.3 Å². The summed E-state index contributed by atoms with van der Waals surface area (Å²) in [6.07, 6.45) is 0. The highest BCUT2D eigenvalue weighted by Crippen LogP contribution is 2.42. The highest BCUT2D eigenvalue weighted by atomic mass is 32.1. The van der Waals surface area contributed by atoms with Crippen LogP contribution in [0.15, 0.2) is 72.8 Å². The summed E-state index contributed by atoms with van der Waals surface area (Å²) in [6.45, 7) is 0. The lowest BCUT2D eigenvalue weighted by molar-refractivity contribution is 0.414. The number of benzene rings is 3. The zero-order chi connectivity index (χ0) is 22.8. The minimum Gasteiger partial charge on any atom is -0.497 e. The van der Waals surface area contributed by atoms with Crippen molar-refractivity contribution in [1.82, 2.24) is 13.7 Å². The Hall–Kier alpha value is -3.97. The maximum Gasteiger partial charge on any atom is 0.131 e. The lowest BCUT2D eigenvalue weighted by atomic mass is 9.95. The van der Waals surface area contributed by atoms with Gasteiger partial charge in [-0.25, -0.2) is 4.98 Å². The highest BCUT2D eigenvalue weighted by Gasteiger charge is 2.23. The summed E-state index contributed by atoms with van der Waals surface area (Å²) in [5, 5.41) is 0. The number of methoxy groups -OCH3 is 3. The van der Waals surface area contributed by atoms with Crippen molar-refractivity contribution >= 4 is 22.8 Å². The first-order chi connectivity index (χ1) is 16.2. The van der Waals surface area contributed by atoms with Crippen molar-refractivity contribution in [3.8, 4) is 50.9 Å². The molecule has 7 heteroatoms. The predicted octanol–water partition coefficient (Wildman–Crippen LogP) is 6.11. The zero-order valence-corrected chi connectivity index (χ0v) is 19.2. The second-order valence-electron chi connectivity index (χ2n) is 7.30. The zero-order valence-electron chi connectivity index (χ0n) is 18.4. The van der Waals surface area contributed by atoms with Gasteiger partial charge in [0.05, 0.1) is 38.8 Å². The van der Waals surface area contributed by atoms with Crippen LogP contribution >= 0.6 is 11.7 Å². The average Bonchev–Trinajstić information content (AvgIpc) is 3.38. The van der Waals surface area contributed by atoms with Crippen molar-refractivity contribution in [2.75, 3.05) is 21.3 Å². The van der Waals surface area contributed by atoms with Gasteiger partial charge in [0.15, 0.2) is 0 Å². The molecule has 0 unspecified atom stereocenters. The maximum absolute atomic E-state index is 5.69. The van der Waals surface area contributed by atoms with E-state index in [1.54, 1.807) is 21.3 Å². The number of ether oxygens (including phenoxy) is 3. The summed E-state index contributed by atoms with van der Waals surface area (Å²) < 4.78 is 25.7. The van der Waals surface area contributed by atoms with Crippen LogP contribution in [0.2, 0.25) is 0 Å². The van der Waals surface area contributed by atoms with Gasteiger partial charge in [0.2, 0.25) is 0 Å². The van der Waals surface area contributed by atoms with Gasteiger partial charge in [-0.15, -0.1) is 0 Å². The third-order valence-electron chi connectivity index (χ3n) is 5.51. The van der Waals surface area contributed by atoms with Crippen molar-refractivity contribution in [1.29, 1.82) is 0 Å². The molecule has 5 rings (SSSR count). The fourth-order valence-corrected chi connectivity index (χ4v) is 4.41. The number of hydrogen-bond donors (Lipinski definition) is 0. The first-order valence-electron chi connectivity index (χ1n) is 10.3. The molecule has 3 aromatic carbocycles. The van der Waals surface area contributed by atoms with E-state index in [1.165, 1.54) is 11.7 Å². The Morgan fingerprint density at radius 3 is 1.85 bits per heavy atom. The number of pyridine rings is 1. The molecular weight excluding hydrogens is 434 g/mol. The third kappa shape index (κ3) is 3.76. The number of nitrogens with zero attached hydrogens (tertiary/aromatic N) is 3. The van der Waals surface area contributed by atoms with E-state index in [1.807, 2.05) is 72.8 Å². The molecule has 0 aliphatic rings. The van der Waals surface area contributed by atoms with E-state index in [0.29, 0.717) is 0 Å². The molecule has 33 heavy (non-hydrogen) atoms. The summed E-state index contributed by atoms with van der Waals surface area (Å²) >= 11 is 1.18. The summed E-state index contributed by atoms with van der Waals surface area (Å²) in [7, 11) is 4.97. The highest BCUT2D eigenvalue weighted by molar-refractivity contribution is 7.00. The van der Waals surface area contributed by atoms with Crippen LogP contribution < -0.4 is 14.2 Å². The van der Waals surface area contributed by atoms with Gasteiger partial charge in [-0.05, 0) is 54.1 Å². The van der Waals surface area contributed by atoms with Crippen LogP contribution in [-0.4, -0.2) is 35.1 Å². The molecule has 0 bridgehead atoms. The molecule has 0 aliphatic heterocycles. The first kappa shape index (κ1) is 20.9. The van der Waals surface area contributed by atoms with Crippen molar-refractivity contribution in [2.45, 2.75) is 0 Å². The predicted molar refractivity (Wildman–Crippen MR) is 131 cm³/mol. The molecular formula is C26H21N3O3S. The van der Waals surface area contributed by atoms with Crippen LogP contribution in [-0.2, 0) is 0 Å². The lowest BCUT2D eigenvalue weighted by Crippen LogP contribution is -1.98. The van der Waals surface area contributed by atoms with Gasteiger partial charge >= 0.3 is 0 Å². The molecule has 0 saturated heterocycles. The Bertz CT molecular complexity index is 1410. The molecule has 0 N–H and O–H groups in total. The van der Waals surface area contributed by atoms with Crippen LogP contribution in [0.4, 0.5) is 0 Å². The van der Waals surface area contributed by atoms with Gasteiger partial charge in [0, 0.05) is 16.7 Å². The minimum absolute atomic E-state index is 0.739. The van der Waals surface area contributed by atoms with Crippen LogP contribution in [0, 0.1) is 0 Å². The molecule has 5 aromatic rings. The molecule has 0 spiro atoms. The Morgan fingerprint density at radius 2 is 1.21 bits per heavy atom. The van der Waals surface area contributed by atoms with Crippen molar-refractivity contribution < 1.29 is 14.2 Å². The second kappa shape index (κ2) is 8.88. The number of rotatable bonds is 6. The van der Waals surface area contributed by atoms with Crippen LogP contribution in [0.3, 0.4) is 0 Å². The van der Waals surface area contributed by atoms with E-state index >= 15 is 0 Å². The van der Waals surface area contributed by atoms with E-state index in [-0.39, 0.29) is 0 Å². The van der Waals surface area contributed by atoms with Gasteiger partial charge < -0.3 is 14.2 Å². The molecule has 0 saturated carbocycles. The lowest BCUT2D eigenvalue weighted by Gasteiger charge is -2.15. The van der Waals surface area contributed by atoms with E-state index in [4.69, 9.17) is 23.6 Å². The summed E-state index contributed by atoms with van der Waals surface area (Å²) in [4.78, 5) is 5.15. The Balaban J connectivity index is 1.83. The second-order valence-corrected chi connectivity index (χ2v) is 7.83. The van der Waals surface area contributed by atoms with Crippen molar-refractivity contribution in [3.63, 3.8) is 0 Å². The number of para-hydroxylation sites is 1. The van der Waals surface area contributed by atoms with Gasteiger partial charge in [0.25, 0.3) is 0 Å². The van der Waals surface area contributed by atoms with Crippen LogP contribution in [0.25, 0.3) is 44.7 Å². The topological polar surface area (TPSA) is 66.4 Å². The quantitative estimate of drug-likeness (QED) is 0.308. The van der Waals surface area contributed by atoms with Crippen molar-refractivity contribution in [3.05, 3.63) is 72.8 Å². The molecule has 2 heterocycles. The SMILES string of the molecule is COc1ccc(-c2nc(-c3ccccc3OC)c(-c3ccc(OC)cc3)c3nsnc23)cc1. The van der Waals surface area contributed by atoms with E-state index in [0.717, 1.165) is 61.9 Å². The fraction of sp³-hybridized carbons (Fsp3) is 0.115. The summed E-state index contributed by atoms with van der Waals surface area (Å²) in [5.41, 5.74) is 6.80. The third-order valence-corrected chi connectivity index (χ3v) is 6.04.